The number of hydrogen-bond donors (Lipinski definition) is 1. The molecule has 0 spiro atoms. The summed E-state index contributed by atoms with van der Waals surface area (Å²) in [4.78, 5) is 0. The van der Waals surface area contributed by atoms with Gasteiger partial charge in [0.15, 0.2) is 0 Å². The zero-order valence-electron chi connectivity index (χ0n) is 9.01. The molecule has 2 rings (SSSR count). The maximum atomic E-state index is 13.8. The van der Waals surface area contributed by atoms with E-state index in [1.165, 1.54) is 24.7 Å². The van der Waals surface area contributed by atoms with Crippen LogP contribution in [-0.4, -0.2) is 7.05 Å². The Morgan fingerprint density at radius 1 is 1.29 bits per heavy atom. The van der Waals surface area contributed by atoms with Crippen LogP contribution in [0.3, 0.4) is 0 Å². The second-order valence-electron chi connectivity index (χ2n) is 3.56. The van der Waals surface area contributed by atoms with E-state index >= 15 is 0 Å². The van der Waals surface area contributed by atoms with Gasteiger partial charge in [0.05, 0.1) is 18.6 Å². The fourth-order valence-corrected chi connectivity index (χ4v) is 2.15. The van der Waals surface area contributed by atoms with Crippen molar-refractivity contribution in [2.45, 2.75) is 6.04 Å². The largest absolute Gasteiger partial charge is 0.472 e. The first kappa shape index (κ1) is 12.3. The number of nitrogens with one attached hydrogen (secondary N) is 1. The van der Waals surface area contributed by atoms with Crippen LogP contribution in [-0.2, 0) is 0 Å². The fourth-order valence-electron chi connectivity index (χ4n) is 1.75. The molecule has 2 aromatic rings. The lowest BCUT2D eigenvalue weighted by Crippen LogP contribution is -2.20. The molecule has 1 unspecified atom stereocenters. The van der Waals surface area contributed by atoms with E-state index in [4.69, 9.17) is 4.42 Å². The molecule has 1 heterocycles. The molecule has 2 nitrogen and oxygen atoms in total. The molecule has 1 aromatic heterocycles. The Balaban J connectivity index is 2.52. The quantitative estimate of drug-likeness (QED) is 0.936. The summed E-state index contributed by atoms with van der Waals surface area (Å²) in [5.41, 5.74) is 0.657. The van der Waals surface area contributed by atoms with Crippen LogP contribution in [0, 0.1) is 11.6 Å². The van der Waals surface area contributed by atoms with Gasteiger partial charge in [0.2, 0.25) is 0 Å². The van der Waals surface area contributed by atoms with Crippen molar-refractivity contribution in [2.75, 3.05) is 7.05 Å². The third-order valence-corrected chi connectivity index (χ3v) is 2.96. The van der Waals surface area contributed by atoms with E-state index in [9.17, 15) is 8.78 Å². The molecule has 0 saturated carbocycles. The highest BCUT2D eigenvalue weighted by Crippen LogP contribution is 2.29. The SMILES string of the molecule is CNC(c1ccoc1)c1c(F)cc(Br)cc1F. The van der Waals surface area contributed by atoms with Gasteiger partial charge in [-0.3, -0.25) is 0 Å². The van der Waals surface area contributed by atoms with Crippen molar-refractivity contribution < 1.29 is 13.2 Å². The number of halogens is 3. The Kier molecular flexibility index (Phi) is 3.59. The molecule has 0 saturated heterocycles. The predicted octanol–water partition coefficient (Wildman–Crippen LogP) is 3.63. The average Bonchev–Trinajstić information content (AvgIpc) is 2.76. The first-order chi connectivity index (χ1) is 8.13. The highest BCUT2D eigenvalue weighted by Gasteiger charge is 2.21. The Morgan fingerprint density at radius 2 is 1.94 bits per heavy atom. The maximum Gasteiger partial charge on any atom is 0.132 e. The molecule has 0 aliphatic carbocycles. The summed E-state index contributed by atoms with van der Waals surface area (Å²) in [5.74, 6) is -1.20. The standard InChI is InChI=1S/C12H10BrF2NO/c1-16-12(7-2-3-17-6-7)11-9(14)4-8(13)5-10(11)15/h2-6,12,16H,1H3. The van der Waals surface area contributed by atoms with Crippen LogP contribution in [0.15, 0.2) is 39.6 Å². The van der Waals surface area contributed by atoms with Gasteiger partial charge >= 0.3 is 0 Å². The van der Waals surface area contributed by atoms with Crippen molar-refractivity contribution in [3.8, 4) is 0 Å². The summed E-state index contributed by atoms with van der Waals surface area (Å²) < 4.78 is 32.9. The van der Waals surface area contributed by atoms with Crippen LogP contribution in [0.1, 0.15) is 17.2 Å². The summed E-state index contributed by atoms with van der Waals surface area (Å²) in [7, 11) is 1.64. The van der Waals surface area contributed by atoms with E-state index in [1.54, 1.807) is 13.1 Å². The van der Waals surface area contributed by atoms with Gasteiger partial charge in [-0.25, -0.2) is 8.78 Å². The lowest BCUT2D eigenvalue weighted by molar-refractivity contribution is 0.514. The van der Waals surface area contributed by atoms with Crippen LogP contribution < -0.4 is 5.32 Å². The third kappa shape index (κ3) is 2.40. The molecular formula is C12H10BrF2NO. The van der Waals surface area contributed by atoms with E-state index in [-0.39, 0.29) is 5.56 Å². The highest BCUT2D eigenvalue weighted by atomic mass is 79.9. The Hall–Kier alpha value is -1.20. The average molecular weight is 302 g/mol. The number of rotatable bonds is 3. The van der Waals surface area contributed by atoms with Gasteiger partial charge in [0, 0.05) is 15.6 Å². The fraction of sp³-hybridized carbons (Fsp3) is 0.167. The second-order valence-corrected chi connectivity index (χ2v) is 4.48. The van der Waals surface area contributed by atoms with Gasteiger partial charge in [-0.05, 0) is 25.2 Å². The maximum absolute atomic E-state index is 13.8. The molecule has 0 amide bonds. The highest BCUT2D eigenvalue weighted by molar-refractivity contribution is 9.10. The molecule has 0 aliphatic rings. The third-order valence-electron chi connectivity index (χ3n) is 2.50. The van der Waals surface area contributed by atoms with E-state index in [1.807, 2.05) is 0 Å². The van der Waals surface area contributed by atoms with E-state index in [2.05, 4.69) is 21.2 Å². The van der Waals surface area contributed by atoms with E-state index in [0.29, 0.717) is 10.0 Å². The zero-order valence-corrected chi connectivity index (χ0v) is 10.6. The van der Waals surface area contributed by atoms with Crippen molar-refractivity contribution in [1.82, 2.24) is 5.32 Å². The van der Waals surface area contributed by atoms with Crippen LogP contribution >= 0.6 is 15.9 Å². The van der Waals surface area contributed by atoms with Crippen molar-refractivity contribution in [1.29, 1.82) is 0 Å². The van der Waals surface area contributed by atoms with Gasteiger partial charge in [0.25, 0.3) is 0 Å². The molecule has 0 aliphatic heterocycles. The Labute approximate surface area is 106 Å². The minimum absolute atomic E-state index is 0.0166. The molecule has 0 bridgehead atoms. The number of furan rings is 1. The molecule has 0 radical (unpaired) electrons. The van der Waals surface area contributed by atoms with Crippen LogP contribution in [0.2, 0.25) is 0 Å². The molecule has 0 fully saturated rings. The van der Waals surface area contributed by atoms with Crippen molar-refractivity contribution in [3.05, 3.63) is 58.0 Å². The molecule has 1 aromatic carbocycles. The number of hydrogen-bond acceptors (Lipinski definition) is 2. The van der Waals surface area contributed by atoms with Crippen LogP contribution in [0.4, 0.5) is 8.78 Å². The Morgan fingerprint density at radius 3 is 2.41 bits per heavy atom. The molecule has 17 heavy (non-hydrogen) atoms. The summed E-state index contributed by atoms with van der Waals surface area (Å²) >= 11 is 3.05. The summed E-state index contributed by atoms with van der Waals surface area (Å²) in [5, 5.41) is 2.87. The van der Waals surface area contributed by atoms with E-state index in [0.717, 1.165) is 0 Å². The van der Waals surface area contributed by atoms with Crippen molar-refractivity contribution in [3.63, 3.8) is 0 Å². The molecule has 5 heteroatoms. The normalized spacial score (nSPS) is 12.7. The van der Waals surface area contributed by atoms with Gasteiger partial charge in [0.1, 0.15) is 11.6 Å². The second kappa shape index (κ2) is 4.98. The molecule has 90 valence electrons. The smallest absolute Gasteiger partial charge is 0.132 e. The first-order valence-corrected chi connectivity index (χ1v) is 5.76. The van der Waals surface area contributed by atoms with Gasteiger partial charge in [-0.2, -0.15) is 0 Å². The van der Waals surface area contributed by atoms with Gasteiger partial charge in [-0.1, -0.05) is 15.9 Å². The van der Waals surface area contributed by atoms with Gasteiger partial charge < -0.3 is 9.73 Å². The molecule has 1 atom stereocenters. The van der Waals surface area contributed by atoms with Crippen LogP contribution in [0.25, 0.3) is 0 Å². The van der Waals surface area contributed by atoms with E-state index < -0.39 is 17.7 Å². The summed E-state index contributed by atoms with van der Waals surface area (Å²) in [6.45, 7) is 0. The minimum atomic E-state index is -0.600. The lowest BCUT2D eigenvalue weighted by Gasteiger charge is -2.16. The minimum Gasteiger partial charge on any atom is -0.472 e. The first-order valence-electron chi connectivity index (χ1n) is 4.97. The van der Waals surface area contributed by atoms with Crippen molar-refractivity contribution in [2.24, 2.45) is 0 Å². The lowest BCUT2D eigenvalue weighted by atomic mass is 10.0. The summed E-state index contributed by atoms with van der Waals surface area (Å²) in [6.07, 6.45) is 2.93. The number of benzene rings is 1. The van der Waals surface area contributed by atoms with Gasteiger partial charge in [-0.15, -0.1) is 0 Å². The van der Waals surface area contributed by atoms with Crippen LogP contribution in [0.5, 0.6) is 0 Å². The summed E-state index contributed by atoms with van der Waals surface area (Å²) in [6, 6.07) is 3.58. The molecular weight excluding hydrogens is 292 g/mol. The Bertz CT molecular complexity index is 490. The monoisotopic (exact) mass is 301 g/mol. The van der Waals surface area contributed by atoms with Crippen molar-refractivity contribution >= 4 is 15.9 Å². The topological polar surface area (TPSA) is 25.2 Å². The zero-order chi connectivity index (χ0) is 12.4. The predicted molar refractivity (Wildman–Crippen MR) is 63.7 cm³/mol. The molecule has 1 N–H and O–H groups in total.